The van der Waals surface area contributed by atoms with Gasteiger partial charge in [0.05, 0.1) is 28.8 Å². The van der Waals surface area contributed by atoms with Crippen molar-refractivity contribution in [1.82, 2.24) is 5.32 Å². The van der Waals surface area contributed by atoms with Gasteiger partial charge in [0.2, 0.25) is 0 Å². The number of amides is 1. The number of hydrogen-bond acceptors (Lipinski definition) is 6. The number of rotatable bonds is 4. The molecule has 3 rings (SSSR count). The maximum Gasteiger partial charge on any atom is 0.282 e. The van der Waals surface area contributed by atoms with E-state index in [1.807, 2.05) is 6.07 Å². The number of nitro benzene ring substituents is 1. The van der Waals surface area contributed by atoms with E-state index < -0.39 is 10.8 Å². The normalized spacial score (nSPS) is 13.7. The van der Waals surface area contributed by atoms with E-state index >= 15 is 0 Å². The zero-order chi connectivity index (χ0) is 20.1. The average molecular weight is 421 g/mol. The summed E-state index contributed by atoms with van der Waals surface area (Å²) < 4.78 is 5.34. The van der Waals surface area contributed by atoms with Crippen LogP contribution < -0.4 is 15.5 Å². The molecule has 1 amide bonds. The molecule has 28 heavy (non-hydrogen) atoms. The highest BCUT2D eigenvalue weighted by Gasteiger charge is 2.20. The number of para-hydroxylation sites is 1. The molecule has 0 aromatic heterocycles. The van der Waals surface area contributed by atoms with Crippen LogP contribution in [-0.2, 0) is 4.74 Å². The van der Waals surface area contributed by atoms with Gasteiger partial charge in [-0.3, -0.25) is 20.2 Å². The van der Waals surface area contributed by atoms with E-state index in [1.54, 1.807) is 18.2 Å². The summed E-state index contributed by atoms with van der Waals surface area (Å²) in [4.78, 5) is 24.9. The highest BCUT2D eigenvalue weighted by Crippen LogP contribution is 2.29. The summed E-state index contributed by atoms with van der Waals surface area (Å²) in [6.45, 7) is 2.82. The Bertz CT molecular complexity index is 918. The minimum absolute atomic E-state index is 0.0124. The number of halogens is 1. The monoisotopic (exact) mass is 420 g/mol. The molecule has 0 unspecified atom stereocenters. The molecule has 8 nitrogen and oxygen atoms in total. The zero-order valence-electron chi connectivity index (χ0n) is 14.7. The second kappa shape index (κ2) is 8.96. The quantitative estimate of drug-likeness (QED) is 0.445. The molecule has 0 saturated carbocycles. The predicted molar refractivity (Wildman–Crippen MR) is 111 cm³/mol. The molecular formula is C18H17ClN4O4S. The van der Waals surface area contributed by atoms with Crippen molar-refractivity contribution >= 4 is 51.9 Å². The molecule has 0 atom stereocenters. The van der Waals surface area contributed by atoms with E-state index in [4.69, 9.17) is 28.6 Å². The first-order chi connectivity index (χ1) is 13.5. The summed E-state index contributed by atoms with van der Waals surface area (Å²) in [6, 6.07) is 11.0. The van der Waals surface area contributed by atoms with Crippen LogP contribution in [0.15, 0.2) is 42.5 Å². The van der Waals surface area contributed by atoms with Gasteiger partial charge in [0.25, 0.3) is 11.6 Å². The third-order valence-corrected chi connectivity index (χ3v) is 4.64. The van der Waals surface area contributed by atoms with Crippen LogP contribution in [0.2, 0.25) is 5.02 Å². The Kier molecular flexibility index (Phi) is 6.40. The Balaban J connectivity index is 1.66. The van der Waals surface area contributed by atoms with Crippen molar-refractivity contribution in [2.45, 2.75) is 0 Å². The first-order valence-electron chi connectivity index (χ1n) is 8.43. The minimum atomic E-state index is -0.666. The number of thiocarbonyl (C=S) groups is 1. The Morgan fingerprint density at radius 1 is 1.21 bits per heavy atom. The molecule has 1 saturated heterocycles. The SMILES string of the molecule is O=C(NC(=S)Nc1ccc(N2CCOCC2)c(Cl)c1)c1ccccc1[N+](=O)[O-]. The molecule has 0 spiro atoms. The number of carbonyl (C=O) groups is 1. The fourth-order valence-electron chi connectivity index (χ4n) is 2.80. The van der Waals surface area contributed by atoms with Crippen molar-refractivity contribution in [2.75, 3.05) is 36.5 Å². The van der Waals surface area contributed by atoms with Crippen LogP contribution in [0.4, 0.5) is 17.1 Å². The van der Waals surface area contributed by atoms with Crippen molar-refractivity contribution in [3.63, 3.8) is 0 Å². The van der Waals surface area contributed by atoms with E-state index in [0.717, 1.165) is 18.8 Å². The molecular weight excluding hydrogens is 404 g/mol. The summed E-state index contributed by atoms with van der Waals surface area (Å²) in [5.74, 6) is -0.666. The summed E-state index contributed by atoms with van der Waals surface area (Å²) in [5.41, 5.74) is 1.12. The topological polar surface area (TPSA) is 96.7 Å². The van der Waals surface area contributed by atoms with Crippen LogP contribution in [0.1, 0.15) is 10.4 Å². The Morgan fingerprint density at radius 2 is 1.93 bits per heavy atom. The van der Waals surface area contributed by atoms with E-state index in [1.165, 1.54) is 18.2 Å². The van der Waals surface area contributed by atoms with Crippen molar-refractivity contribution < 1.29 is 14.5 Å². The number of nitrogens with one attached hydrogen (secondary N) is 2. The predicted octanol–water partition coefficient (Wildman–Crippen LogP) is 3.21. The summed E-state index contributed by atoms with van der Waals surface area (Å²) in [5, 5.41) is 16.9. The number of nitro groups is 1. The zero-order valence-corrected chi connectivity index (χ0v) is 16.3. The molecule has 146 valence electrons. The Morgan fingerprint density at radius 3 is 2.61 bits per heavy atom. The molecule has 0 radical (unpaired) electrons. The molecule has 2 aromatic rings. The largest absolute Gasteiger partial charge is 0.378 e. The van der Waals surface area contributed by atoms with Gasteiger partial charge in [-0.05, 0) is 36.5 Å². The molecule has 0 bridgehead atoms. The van der Waals surface area contributed by atoms with Crippen LogP contribution in [0.5, 0.6) is 0 Å². The summed E-state index contributed by atoms with van der Waals surface area (Å²) in [7, 11) is 0. The molecule has 2 aromatic carbocycles. The number of hydrogen-bond donors (Lipinski definition) is 2. The van der Waals surface area contributed by atoms with Crippen molar-refractivity contribution in [1.29, 1.82) is 0 Å². The molecule has 0 aliphatic carbocycles. The van der Waals surface area contributed by atoms with Crippen molar-refractivity contribution in [3.8, 4) is 0 Å². The Labute approximate surface area is 171 Å². The second-order valence-corrected chi connectivity index (χ2v) is 6.76. The number of morpholine rings is 1. The first-order valence-corrected chi connectivity index (χ1v) is 9.22. The smallest absolute Gasteiger partial charge is 0.282 e. The third kappa shape index (κ3) is 4.75. The average Bonchev–Trinajstić information content (AvgIpc) is 2.68. The van der Waals surface area contributed by atoms with Gasteiger partial charge >= 0.3 is 0 Å². The van der Waals surface area contributed by atoms with E-state index in [0.29, 0.717) is 23.9 Å². The van der Waals surface area contributed by atoms with Crippen LogP contribution in [0.25, 0.3) is 0 Å². The van der Waals surface area contributed by atoms with Crippen LogP contribution in [0.3, 0.4) is 0 Å². The van der Waals surface area contributed by atoms with E-state index in [2.05, 4.69) is 15.5 Å². The van der Waals surface area contributed by atoms with Crippen molar-refractivity contribution in [3.05, 3.63) is 63.2 Å². The maximum atomic E-state index is 12.3. The van der Waals surface area contributed by atoms with E-state index in [9.17, 15) is 14.9 Å². The van der Waals surface area contributed by atoms with Crippen molar-refractivity contribution in [2.24, 2.45) is 0 Å². The second-order valence-electron chi connectivity index (χ2n) is 5.95. The van der Waals surface area contributed by atoms with Crippen LogP contribution in [-0.4, -0.2) is 42.2 Å². The summed E-state index contributed by atoms with van der Waals surface area (Å²) in [6.07, 6.45) is 0. The summed E-state index contributed by atoms with van der Waals surface area (Å²) >= 11 is 11.5. The maximum absolute atomic E-state index is 12.3. The fraction of sp³-hybridized carbons (Fsp3) is 0.222. The molecule has 1 aliphatic rings. The lowest BCUT2D eigenvalue weighted by Gasteiger charge is -2.29. The molecule has 1 heterocycles. The van der Waals surface area contributed by atoms with Gasteiger partial charge < -0.3 is 15.0 Å². The lowest BCUT2D eigenvalue weighted by molar-refractivity contribution is -0.385. The van der Waals surface area contributed by atoms with E-state index in [-0.39, 0.29) is 16.4 Å². The molecule has 2 N–H and O–H groups in total. The van der Waals surface area contributed by atoms with Gasteiger partial charge in [0, 0.05) is 24.8 Å². The lowest BCUT2D eigenvalue weighted by atomic mass is 10.1. The van der Waals surface area contributed by atoms with Crippen LogP contribution >= 0.6 is 23.8 Å². The number of nitrogens with zero attached hydrogens (tertiary/aromatic N) is 2. The van der Waals surface area contributed by atoms with Gasteiger partial charge in [-0.1, -0.05) is 23.7 Å². The number of ether oxygens (including phenoxy) is 1. The van der Waals surface area contributed by atoms with Gasteiger partial charge in [0.15, 0.2) is 5.11 Å². The van der Waals surface area contributed by atoms with Gasteiger partial charge in [0.1, 0.15) is 5.56 Å². The van der Waals surface area contributed by atoms with Gasteiger partial charge in [-0.15, -0.1) is 0 Å². The lowest BCUT2D eigenvalue weighted by Crippen LogP contribution is -2.36. The number of carbonyl (C=O) groups excluding carboxylic acids is 1. The molecule has 1 aliphatic heterocycles. The van der Waals surface area contributed by atoms with Gasteiger partial charge in [-0.25, -0.2) is 0 Å². The van der Waals surface area contributed by atoms with Crippen LogP contribution in [0, 0.1) is 10.1 Å². The highest BCUT2D eigenvalue weighted by atomic mass is 35.5. The third-order valence-electron chi connectivity index (χ3n) is 4.13. The standard InChI is InChI=1S/C18H17ClN4O4S/c19-14-11-12(5-6-16(14)22-7-9-27-10-8-22)20-18(28)21-17(24)13-3-1-2-4-15(13)23(25)26/h1-6,11H,7-10H2,(H2,20,21,24,28). The number of benzene rings is 2. The fourth-order valence-corrected chi connectivity index (χ4v) is 3.31. The number of anilines is 2. The first kappa shape index (κ1) is 20.0. The van der Waals surface area contributed by atoms with Gasteiger partial charge in [-0.2, -0.15) is 0 Å². The minimum Gasteiger partial charge on any atom is -0.378 e. The molecule has 10 heteroatoms. The Hall–Kier alpha value is -2.75. The molecule has 1 fully saturated rings. The highest BCUT2D eigenvalue weighted by molar-refractivity contribution is 7.80.